The van der Waals surface area contributed by atoms with Gasteiger partial charge in [0, 0.05) is 11.1 Å². The van der Waals surface area contributed by atoms with Crippen molar-refractivity contribution in [3.05, 3.63) is 71.4 Å². The SMILES string of the molecule is COc1ccccc1/C=C/C=C1/N=C(c2ccc3c(c2)OCO3)OC1=O. The average Bonchev–Trinajstić information content (AvgIpc) is 3.28. The topological polar surface area (TPSA) is 66.3 Å². The van der Waals surface area contributed by atoms with Crippen LogP contribution in [-0.4, -0.2) is 25.8 Å². The summed E-state index contributed by atoms with van der Waals surface area (Å²) in [5, 5.41) is 0. The third-order valence-electron chi connectivity index (χ3n) is 3.91. The van der Waals surface area contributed by atoms with Crippen molar-refractivity contribution in [3.63, 3.8) is 0 Å². The number of cyclic esters (lactones) is 1. The molecule has 0 fully saturated rings. The number of hydrogen-bond donors (Lipinski definition) is 0. The number of rotatable bonds is 4. The van der Waals surface area contributed by atoms with E-state index < -0.39 is 5.97 Å². The van der Waals surface area contributed by atoms with Crippen LogP contribution in [0.3, 0.4) is 0 Å². The number of methoxy groups -OCH3 is 1. The summed E-state index contributed by atoms with van der Waals surface area (Å²) in [5.74, 6) is 1.76. The van der Waals surface area contributed by atoms with Crippen molar-refractivity contribution in [1.82, 2.24) is 0 Å². The van der Waals surface area contributed by atoms with Gasteiger partial charge in [0.2, 0.25) is 12.7 Å². The van der Waals surface area contributed by atoms with Crippen LogP contribution < -0.4 is 14.2 Å². The highest BCUT2D eigenvalue weighted by Gasteiger charge is 2.25. The third-order valence-corrected chi connectivity index (χ3v) is 3.91. The normalized spacial score (nSPS) is 16.9. The Bertz CT molecular complexity index is 958. The molecule has 0 saturated carbocycles. The van der Waals surface area contributed by atoms with Crippen LogP contribution in [0.2, 0.25) is 0 Å². The van der Waals surface area contributed by atoms with Crippen molar-refractivity contribution in [2.75, 3.05) is 13.9 Å². The molecule has 130 valence electrons. The molecule has 0 saturated heterocycles. The van der Waals surface area contributed by atoms with Gasteiger partial charge in [-0.05, 0) is 30.3 Å². The van der Waals surface area contributed by atoms with Crippen molar-refractivity contribution in [2.24, 2.45) is 4.99 Å². The van der Waals surface area contributed by atoms with Crippen LogP contribution in [0.4, 0.5) is 0 Å². The Morgan fingerprint density at radius 3 is 2.85 bits per heavy atom. The van der Waals surface area contributed by atoms with E-state index >= 15 is 0 Å². The van der Waals surface area contributed by atoms with Crippen molar-refractivity contribution in [2.45, 2.75) is 0 Å². The zero-order valence-electron chi connectivity index (χ0n) is 14.0. The lowest BCUT2D eigenvalue weighted by molar-refractivity contribution is -0.130. The van der Waals surface area contributed by atoms with Crippen LogP contribution in [-0.2, 0) is 9.53 Å². The van der Waals surface area contributed by atoms with E-state index in [-0.39, 0.29) is 18.4 Å². The van der Waals surface area contributed by atoms with E-state index in [1.165, 1.54) is 0 Å². The Kier molecular flexibility index (Phi) is 4.15. The first-order valence-corrected chi connectivity index (χ1v) is 7.97. The Hall–Kier alpha value is -3.54. The molecule has 2 aromatic carbocycles. The molecule has 0 aromatic heterocycles. The van der Waals surface area contributed by atoms with Crippen molar-refractivity contribution in [3.8, 4) is 17.2 Å². The van der Waals surface area contributed by atoms with Gasteiger partial charge >= 0.3 is 5.97 Å². The van der Waals surface area contributed by atoms with Gasteiger partial charge in [0.05, 0.1) is 7.11 Å². The first kappa shape index (κ1) is 16.0. The van der Waals surface area contributed by atoms with Crippen LogP contribution in [0.1, 0.15) is 11.1 Å². The minimum Gasteiger partial charge on any atom is -0.496 e. The second-order valence-electron chi connectivity index (χ2n) is 5.53. The molecule has 26 heavy (non-hydrogen) atoms. The standard InChI is InChI=1S/C20H15NO5/c1-23-16-8-3-2-5-13(16)6-4-7-15-20(22)26-19(21-15)14-9-10-17-18(11-14)25-12-24-17/h2-11H,12H2,1H3/b6-4+,15-7+. The highest BCUT2D eigenvalue weighted by Crippen LogP contribution is 2.33. The maximum absolute atomic E-state index is 12.0. The number of carbonyl (C=O) groups excluding carboxylic acids is 1. The summed E-state index contributed by atoms with van der Waals surface area (Å²) in [6, 6.07) is 12.9. The van der Waals surface area contributed by atoms with Crippen LogP contribution in [0.15, 0.2) is 65.3 Å². The molecule has 2 aliphatic rings. The van der Waals surface area contributed by atoms with Gasteiger partial charge in [-0.3, -0.25) is 0 Å². The number of allylic oxidation sites excluding steroid dienone is 2. The number of ether oxygens (including phenoxy) is 4. The second-order valence-corrected chi connectivity index (χ2v) is 5.53. The van der Waals surface area contributed by atoms with E-state index in [1.807, 2.05) is 30.3 Å². The van der Waals surface area contributed by atoms with Gasteiger partial charge < -0.3 is 18.9 Å². The molecule has 2 aliphatic heterocycles. The van der Waals surface area contributed by atoms with Gasteiger partial charge in [0.25, 0.3) is 0 Å². The van der Waals surface area contributed by atoms with E-state index in [0.29, 0.717) is 17.1 Å². The molecule has 0 aliphatic carbocycles. The minimum atomic E-state index is -0.498. The number of para-hydroxylation sites is 1. The van der Waals surface area contributed by atoms with Gasteiger partial charge in [-0.2, -0.15) is 0 Å². The number of esters is 1. The fourth-order valence-corrected chi connectivity index (χ4v) is 2.62. The van der Waals surface area contributed by atoms with Crippen molar-refractivity contribution >= 4 is 17.9 Å². The monoisotopic (exact) mass is 349 g/mol. The summed E-state index contributed by atoms with van der Waals surface area (Å²) in [6.07, 6.45) is 5.18. The zero-order chi connectivity index (χ0) is 17.9. The molecule has 6 nitrogen and oxygen atoms in total. The average molecular weight is 349 g/mol. The van der Waals surface area contributed by atoms with Gasteiger partial charge in [0.1, 0.15) is 5.75 Å². The number of carbonyl (C=O) groups is 1. The number of aliphatic imine (C=N–C) groups is 1. The number of fused-ring (bicyclic) bond motifs is 1. The highest BCUT2D eigenvalue weighted by atomic mass is 16.7. The Labute approximate surface area is 150 Å². The van der Waals surface area contributed by atoms with E-state index in [9.17, 15) is 4.79 Å². The first-order valence-electron chi connectivity index (χ1n) is 7.97. The van der Waals surface area contributed by atoms with Crippen LogP contribution in [0.5, 0.6) is 17.2 Å². The fourth-order valence-electron chi connectivity index (χ4n) is 2.62. The molecule has 4 rings (SSSR count). The van der Waals surface area contributed by atoms with E-state index in [2.05, 4.69) is 4.99 Å². The number of benzene rings is 2. The van der Waals surface area contributed by atoms with Crippen molar-refractivity contribution in [1.29, 1.82) is 0 Å². The molecular formula is C20H15NO5. The molecule has 6 heteroatoms. The first-order chi connectivity index (χ1) is 12.7. The maximum Gasteiger partial charge on any atom is 0.363 e. The summed E-state index contributed by atoms with van der Waals surface area (Å²) in [6.45, 7) is 0.184. The predicted octanol–water partition coefficient (Wildman–Crippen LogP) is 3.32. The molecule has 0 N–H and O–H groups in total. The summed E-state index contributed by atoms with van der Waals surface area (Å²) in [7, 11) is 1.61. The zero-order valence-corrected chi connectivity index (χ0v) is 14.0. The van der Waals surface area contributed by atoms with E-state index in [0.717, 1.165) is 11.3 Å². The molecule has 0 amide bonds. The minimum absolute atomic E-state index is 0.184. The summed E-state index contributed by atoms with van der Waals surface area (Å²) < 4.78 is 21.1. The maximum atomic E-state index is 12.0. The summed E-state index contributed by atoms with van der Waals surface area (Å²) in [5.41, 5.74) is 1.78. The smallest absolute Gasteiger partial charge is 0.363 e. The molecule has 2 aromatic rings. The molecular weight excluding hydrogens is 334 g/mol. The number of nitrogens with zero attached hydrogens (tertiary/aromatic N) is 1. The van der Waals surface area contributed by atoms with Crippen LogP contribution in [0.25, 0.3) is 6.08 Å². The molecule has 0 bridgehead atoms. The molecule has 0 unspecified atom stereocenters. The lowest BCUT2D eigenvalue weighted by Gasteiger charge is -2.02. The van der Waals surface area contributed by atoms with Crippen LogP contribution in [0, 0.1) is 0 Å². The van der Waals surface area contributed by atoms with Gasteiger partial charge in [-0.1, -0.05) is 30.4 Å². The van der Waals surface area contributed by atoms with Gasteiger partial charge in [0.15, 0.2) is 17.2 Å². The van der Waals surface area contributed by atoms with Gasteiger partial charge in [-0.15, -0.1) is 0 Å². The summed E-state index contributed by atoms with van der Waals surface area (Å²) >= 11 is 0. The molecule has 0 radical (unpaired) electrons. The Morgan fingerprint density at radius 1 is 1.12 bits per heavy atom. The fraction of sp³-hybridized carbons (Fsp3) is 0.100. The van der Waals surface area contributed by atoms with Crippen LogP contribution >= 0.6 is 0 Å². The van der Waals surface area contributed by atoms with E-state index in [1.54, 1.807) is 37.5 Å². The third kappa shape index (κ3) is 3.04. The Morgan fingerprint density at radius 2 is 1.96 bits per heavy atom. The summed E-state index contributed by atoms with van der Waals surface area (Å²) in [4.78, 5) is 16.3. The Balaban J connectivity index is 1.56. The van der Waals surface area contributed by atoms with E-state index in [4.69, 9.17) is 18.9 Å². The number of hydrogen-bond acceptors (Lipinski definition) is 6. The lowest BCUT2D eigenvalue weighted by Crippen LogP contribution is -2.05. The van der Waals surface area contributed by atoms with Crippen molar-refractivity contribution < 1.29 is 23.7 Å². The highest BCUT2D eigenvalue weighted by molar-refractivity contribution is 6.11. The van der Waals surface area contributed by atoms with Gasteiger partial charge in [-0.25, -0.2) is 9.79 Å². The molecule has 0 atom stereocenters. The largest absolute Gasteiger partial charge is 0.496 e. The predicted molar refractivity (Wildman–Crippen MR) is 95.3 cm³/mol. The lowest BCUT2D eigenvalue weighted by atomic mass is 10.2. The quantitative estimate of drug-likeness (QED) is 0.626. The molecule has 2 heterocycles. The molecule has 0 spiro atoms. The second kappa shape index (κ2) is 6.76.